The molecule has 0 aromatic heterocycles. The summed E-state index contributed by atoms with van der Waals surface area (Å²) in [7, 11) is 1.83. The number of benzene rings is 1. The average Bonchev–Trinajstić information content (AvgIpc) is 2.75. The van der Waals surface area contributed by atoms with Gasteiger partial charge in [-0.3, -0.25) is 9.69 Å². The van der Waals surface area contributed by atoms with Crippen molar-refractivity contribution in [3.8, 4) is 5.75 Å². The first kappa shape index (κ1) is 20.4. The van der Waals surface area contributed by atoms with Gasteiger partial charge >= 0.3 is 0 Å². The molecule has 1 aliphatic carbocycles. The molecule has 1 aromatic carbocycles. The molecule has 1 atom stereocenters. The van der Waals surface area contributed by atoms with E-state index in [4.69, 9.17) is 14.9 Å². The van der Waals surface area contributed by atoms with Gasteiger partial charge in [0.15, 0.2) is 6.73 Å². The number of allylic oxidation sites excluding steroid dienone is 5. The standard InChI is InChI=1S/C24H29N3O3/c1-15-16(2)23-21(24(28)27(14-30-23)20-5-4-8-29-13-20)11-18(15)9-17-6-7-22(25)19(10-17)12-26-3/h6-7,10-12,20,25-26H,4-5,8-9,13-14H2,1-3H3/b19-12-,25-22?. The van der Waals surface area contributed by atoms with Gasteiger partial charge in [0.05, 0.1) is 23.9 Å². The summed E-state index contributed by atoms with van der Waals surface area (Å²) in [5, 5.41) is 11.0. The normalized spacial score (nSPS) is 22.6. The Morgan fingerprint density at radius 1 is 1.30 bits per heavy atom. The van der Waals surface area contributed by atoms with Gasteiger partial charge < -0.3 is 20.2 Å². The number of nitrogens with one attached hydrogen (secondary N) is 2. The zero-order valence-electron chi connectivity index (χ0n) is 17.9. The molecule has 158 valence electrons. The maximum absolute atomic E-state index is 13.3. The summed E-state index contributed by atoms with van der Waals surface area (Å²) in [6.07, 6.45) is 10.3. The SMILES string of the molecule is CN/C=C1/C=C(Cc2cc3c(c(C)c2C)OCN(C2CCCOC2)C3=O)C=CC1=N. The van der Waals surface area contributed by atoms with Crippen LogP contribution in [-0.2, 0) is 11.2 Å². The lowest BCUT2D eigenvalue weighted by Crippen LogP contribution is -2.49. The highest BCUT2D eigenvalue weighted by molar-refractivity contribution is 6.09. The van der Waals surface area contributed by atoms with Gasteiger partial charge in [-0.25, -0.2) is 0 Å². The molecule has 0 saturated carbocycles. The second-order valence-corrected chi connectivity index (χ2v) is 8.11. The van der Waals surface area contributed by atoms with E-state index in [1.807, 2.05) is 49.4 Å². The Morgan fingerprint density at radius 3 is 2.87 bits per heavy atom. The minimum absolute atomic E-state index is 0.0295. The monoisotopic (exact) mass is 407 g/mol. The number of amides is 1. The highest BCUT2D eigenvalue weighted by Gasteiger charge is 2.34. The summed E-state index contributed by atoms with van der Waals surface area (Å²) in [4.78, 5) is 15.1. The third-order valence-electron chi connectivity index (χ3n) is 6.17. The Morgan fingerprint density at radius 2 is 2.13 bits per heavy atom. The molecule has 4 rings (SSSR count). The number of nitrogens with zero attached hydrogens (tertiary/aromatic N) is 1. The largest absolute Gasteiger partial charge is 0.472 e. The van der Waals surface area contributed by atoms with Crippen molar-refractivity contribution in [3.05, 3.63) is 63.9 Å². The fourth-order valence-corrected chi connectivity index (χ4v) is 4.29. The van der Waals surface area contributed by atoms with Crippen LogP contribution in [-0.4, -0.2) is 49.6 Å². The van der Waals surface area contributed by atoms with E-state index >= 15 is 0 Å². The van der Waals surface area contributed by atoms with Crippen LogP contribution in [0.15, 0.2) is 41.6 Å². The van der Waals surface area contributed by atoms with E-state index in [1.165, 1.54) is 0 Å². The van der Waals surface area contributed by atoms with E-state index in [0.29, 0.717) is 30.1 Å². The quantitative estimate of drug-likeness (QED) is 0.802. The van der Waals surface area contributed by atoms with Gasteiger partial charge in [0.2, 0.25) is 0 Å². The molecule has 6 nitrogen and oxygen atoms in total. The Hall–Kier alpha value is -2.86. The third-order valence-corrected chi connectivity index (χ3v) is 6.17. The van der Waals surface area contributed by atoms with Crippen molar-refractivity contribution < 1.29 is 14.3 Å². The van der Waals surface area contributed by atoms with Crippen LogP contribution in [0.3, 0.4) is 0 Å². The van der Waals surface area contributed by atoms with Gasteiger partial charge in [-0.2, -0.15) is 0 Å². The van der Waals surface area contributed by atoms with Crippen molar-refractivity contribution in [1.29, 1.82) is 5.41 Å². The lowest BCUT2D eigenvalue weighted by molar-refractivity contribution is -0.0101. The summed E-state index contributed by atoms with van der Waals surface area (Å²) in [5.74, 6) is 0.738. The van der Waals surface area contributed by atoms with Crippen molar-refractivity contribution in [1.82, 2.24) is 10.2 Å². The molecule has 0 bridgehead atoms. The minimum Gasteiger partial charge on any atom is -0.472 e. The van der Waals surface area contributed by atoms with Gasteiger partial charge in [-0.1, -0.05) is 6.08 Å². The summed E-state index contributed by atoms with van der Waals surface area (Å²) in [5.41, 5.74) is 6.36. The molecule has 2 N–H and O–H groups in total. The first-order valence-electron chi connectivity index (χ1n) is 10.5. The van der Waals surface area contributed by atoms with Gasteiger partial charge in [0, 0.05) is 25.4 Å². The Bertz CT molecular complexity index is 968. The molecular formula is C24H29N3O3. The molecule has 3 aliphatic rings. The van der Waals surface area contributed by atoms with Crippen LogP contribution in [0.25, 0.3) is 0 Å². The molecule has 2 aliphatic heterocycles. The van der Waals surface area contributed by atoms with Crippen LogP contribution in [0, 0.1) is 19.3 Å². The van der Waals surface area contributed by atoms with Gasteiger partial charge in [-0.05, 0) is 73.6 Å². The van der Waals surface area contributed by atoms with Gasteiger partial charge in [-0.15, -0.1) is 0 Å². The van der Waals surface area contributed by atoms with Crippen molar-refractivity contribution in [2.24, 2.45) is 0 Å². The van der Waals surface area contributed by atoms with Crippen molar-refractivity contribution in [2.75, 3.05) is 27.0 Å². The van der Waals surface area contributed by atoms with Crippen molar-refractivity contribution in [2.45, 2.75) is 39.2 Å². The average molecular weight is 408 g/mol. The molecule has 1 amide bonds. The Kier molecular flexibility index (Phi) is 5.77. The Balaban J connectivity index is 1.64. The number of hydrogen-bond donors (Lipinski definition) is 2. The molecule has 6 heteroatoms. The van der Waals surface area contributed by atoms with E-state index in [9.17, 15) is 4.79 Å². The van der Waals surface area contributed by atoms with Crippen LogP contribution in [0.5, 0.6) is 5.75 Å². The molecular weight excluding hydrogens is 378 g/mol. The maximum Gasteiger partial charge on any atom is 0.260 e. The first-order valence-corrected chi connectivity index (χ1v) is 10.5. The third kappa shape index (κ3) is 3.79. The van der Waals surface area contributed by atoms with Crippen LogP contribution in [0.2, 0.25) is 0 Å². The van der Waals surface area contributed by atoms with Gasteiger partial charge in [0.25, 0.3) is 5.91 Å². The summed E-state index contributed by atoms with van der Waals surface area (Å²) < 4.78 is 11.6. The second-order valence-electron chi connectivity index (χ2n) is 8.11. The molecule has 2 heterocycles. The minimum atomic E-state index is 0.0295. The van der Waals surface area contributed by atoms with Crippen LogP contribution in [0.4, 0.5) is 0 Å². The van der Waals surface area contributed by atoms with Crippen LogP contribution >= 0.6 is 0 Å². The zero-order valence-corrected chi connectivity index (χ0v) is 17.9. The summed E-state index contributed by atoms with van der Waals surface area (Å²) >= 11 is 0. The topological polar surface area (TPSA) is 74.7 Å². The van der Waals surface area contributed by atoms with E-state index in [0.717, 1.165) is 47.3 Å². The van der Waals surface area contributed by atoms with E-state index in [-0.39, 0.29) is 18.7 Å². The smallest absolute Gasteiger partial charge is 0.260 e. The van der Waals surface area contributed by atoms with E-state index in [1.54, 1.807) is 0 Å². The van der Waals surface area contributed by atoms with Gasteiger partial charge in [0.1, 0.15) is 5.75 Å². The first-order chi connectivity index (χ1) is 14.5. The molecule has 0 spiro atoms. The summed E-state index contributed by atoms with van der Waals surface area (Å²) in [6.45, 7) is 5.74. The van der Waals surface area contributed by atoms with Crippen molar-refractivity contribution in [3.63, 3.8) is 0 Å². The number of carbonyl (C=O) groups is 1. The van der Waals surface area contributed by atoms with Crippen molar-refractivity contribution >= 4 is 11.6 Å². The predicted molar refractivity (Wildman–Crippen MR) is 117 cm³/mol. The number of carbonyl (C=O) groups excluding carboxylic acids is 1. The second kappa shape index (κ2) is 8.48. The highest BCUT2D eigenvalue weighted by Crippen LogP contribution is 2.35. The highest BCUT2D eigenvalue weighted by atomic mass is 16.5. The number of rotatable bonds is 4. The fraction of sp³-hybridized carbons (Fsp3) is 0.417. The Labute approximate surface area is 177 Å². The molecule has 1 saturated heterocycles. The molecule has 0 radical (unpaired) electrons. The molecule has 30 heavy (non-hydrogen) atoms. The molecule has 1 fully saturated rings. The fourth-order valence-electron chi connectivity index (χ4n) is 4.29. The molecule has 1 unspecified atom stereocenters. The number of ether oxygens (including phenoxy) is 2. The lowest BCUT2D eigenvalue weighted by Gasteiger charge is -2.37. The number of hydrogen-bond acceptors (Lipinski definition) is 5. The van der Waals surface area contributed by atoms with E-state index < -0.39 is 0 Å². The zero-order chi connectivity index (χ0) is 21.3. The molecule has 1 aromatic rings. The predicted octanol–water partition coefficient (Wildman–Crippen LogP) is 3.44. The van der Waals surface area contributed by atoms with E-state index in [2.05, 4.69) is 12.2 Å². The van der Waals surface area contributed by atoms with Crippen LogP contribution in [0.1, 0.15) is 39.9 Å². The lowest BCUT2D eigenvalue weighted by atomic mass is 9.90. The van der Waals surface area contributed by atoms with Crippen LogP contribution < -0.4 is 10.1 Å². The maximum atomic E-state index is 13.3. The summed E-state index contributed by atoms with van der Waals surface area (Å²) in [6, 6.07) is 2.07. The number of fused-ring (bicyclic) bond motifs is 1.